The highest BCUT2D eigenvalue weighted by Gasteiger charge is 2.30. The predicted octanol–water partition coefficient (Wildman–Crippen LogP) is 4.95. The van der Waals surface area contributed by atoms with E-state index in [0.717, 1.165) is 17.7 Å². The fourth-order valence-electron chi connectivity index (χ4n) is 2.61. The monoisotopic (exact) mass is 361 g/mol. The van der Waals surface area contributed by atoms with E-state index < -0.39 is 11.7 Å². The molecular weight excluding hydrogens is 343 g/mol. The second kappa shape index (κ2) is 7.29. The van der Waals surface area contributed by atoms with Gasteiger partial charge in [0.1, 0.15) is 0 Å². The van der Waals surface area contributed by atoms with Crippen LogP contribution in [-0.2, 0) is 12.7 Å². The number of aromatic nitrogens is 2. The molecule has 7 heteroatoms. The van der Waals surface area contributed by atoms with Gasteiger partial charge in [-0.3, -0.25) is 4.90 Å². The van der Waals surface area contributed by atoms with Crippen molar-refractivity contribution in [2.75, 3.05) is 7.05 Å². The lowest BCUT2D eigenvalue weighted by atomic mass is 10.1. The van der Waals surface area contributed by atoms with E-state index in [1.54, 1.807) is 0 Å². The molecule has 0 N–H and O–H groups in total. The second-order valence-corrected chi connectivity index (χ2v) is 6.09. The molecule has 3 aromatic rings. The van der Waals surface area contributed by atoms with Crippen LogP contribution in [0.4, 0.5) is 13.2 Å². The summed E-state index contributed by atoms with van der Waals surface area (Å²) in [5.41, 5.74) is 0.678. The van der Waals surface area contributed by atoms with Crippen LogP contribution >= 0.6 is 0 Å². The number of rotatable bonds is 5. The molecule has 1 aromatic heterocycles. The Morgan fingerprint density at radius 2 is 1.81 bits per heavy atom. The minimum Gasteiger partial charge on any atom is -0.338 e. The third kappa shape index (κ3) is 4.11. The summed E-state index contributed by atoms with van der Waals surface area (Å²) in [6.07, 6.45) is -4.41. The number of hydrogen-bond acceptors (Lipinski definition) is 4. The van der Waals surface area contributed by atoms with Crippen LogP contribution < -0.4 is 0 Å². The number of alkyl halides is 3. The van der Waals surface area contributed by atoms with E-state index in [0.29, 0.717) is 12.4 Å². The highest BCUT2D eigenvalue weighted by Crippen LogP contribution is 2.31. The first-order valence-electron chi connectivity index (χ1n) is 8.10. The molecule has 0 fully saturated rings. The summed E-state index contributed by atoms with van der Waals surface area (Å²) in [5, 5.41) is 3.81. The molecule has 0 saturated heterocycles. The molecule has 0 aliphatic heterocycles. The smallest absolute Gasteiger partial charge is 0.338 e. The molecule has 0 aliphatic carbocycles. The van der Waals surface area contributed by atoms with Crippen LogP contribution in [0.3, 0.4) is 0 Å². The van der Waals surface area contributed by atoms with Gasteiger partial charge in [0.2, 0.25) is 11.7 Å². The summed E-state index contributed by atoms with van der Waals surface area (Å²) >= 11 is 0. The van der Waals surface area contributed by atoms with Crippen molar-refractivity contribution in [2.24, 2.45) is 0 Å². The van der Waals surface area contributed by atoms with Crippen LogP contribution in [-0.4, -0.2) is 22.1 Å². The van der Waals surface area contributed by atoms with Crippen molar-refractivity contribution >= 4 is 0 Å². The molecule has 2 aromatic carbocycles. The third-order valence-electron chi connectivity index (χ3n) is 4.24. The fourth-order valence-corrected chi connectivity index (χ4v) is 2.61. The van der Waals surface area contributed by atoms with Crippen molar-refractivity contribution in [1.82, 2.24) is 15.0 Å². The van der Waals surface area contributed by atoms with Crippen LogP contribution in [0, 0.1) is 0 Å². The Hall–Kier alpha value is -2.67. The zero-order chi connectivity index (χ0) is 18.7. The summed E-state index contributed by atoms with van der Waals surface area (Å²) in [7, 11) is 1.92. The number of hydrogen-bond donors (Lipinski definition) is 0. The number of halogens is 3. The van der Waals surface area contributed by atoms with E-state index in [9.17, 15) is 13.2 Å². The summed E-state index contributed by atoms with van der Waals surface area (Å²) in [5.74, 6) is 0.495. The van der Waals surface area contributed by atoms with E-state index in [1.807, 2.05) is 42.3 Å². The van der Waals surface area contributed by atoms with Gasteiger partial charge in [-0.05, 0) is 31.7 Å². The van der Waals surface area contributed by atoms with Crippen LogP contribution in [0.1, 0.15) is 30.0 Å². The summed E-state index contributed by atoms with van der Waals surface area (Å²) < 4.78 is 43.7. The van der Waals surface area contributed by atoms with Crippen LogP contribution in [0.15, 0.2) is 59.1 Å². The first kappa shape index (κ1) is 18.1. The van der Waals surface area contributed by atoms with E-state index in [1.165, 1.54) is 12.1 Å². The normalized spacial score (nSPS) is 13.2. The minimum atomic E-state index is -4.41. The van der Waals surface area contributed by atoms with Crippen LogP contribution in [0.25, 0.3) is 11.4 Å². The van der Waals surface area contributed by atoms with Gasteiger partial charge in [-0.15, -0.1) is 0 Å². The van der Waals surface area contributed by atoms with E-state index in [4.69, 9.17) is 4.52 Å². The zero-order valence-corrected chi connectivity index (χ0v) is 14.4. The van der Waals surface area contributed by atoms with Crippen molar-refractivity contribution in [3.05, 3.63) is 71.6 Å². The summed E-state index contributed by atoms with van der Waals surface area (Å²) in [6.45, 7) is 2.45. The molecule has 0 amide bonds. The van der Waals surface area contributed by atoms with Crippen molar-refractivity contribution in [2.45, 2.75) is 25.7 Å². The van der Waals surface area contributed by atoms with Crippen molar-refractivity contribution in [3.8, 4) is 11.4 Å². The molecule has 4 nitrogen and oxygen atoms in total. The molecule has 0 spiro atoms. The molecular formula is C19H18F3N3O. The second-order valence-electron chi connectivity index (χ2n) is 6.09. The molecule has 1 atom stereocenters. The molecule has 0 bridgehead atoms. The largest absolute Gasteiger partial charge is 0.416 e. The van der Waals surface area contributed by atoms with Gasteiger partial charge in [-0.1, -0.05) is 47.6 Å². The fraction of sp³-hybridized carbons (Fsp3) is 0.263. The van der Waals surface area contributed by atoms with E-state index in [2.05, 4.69) is 17.1 Å². The van der Waals surface area contributed by atoms with Gasteiger partial charge in [0, 0.05) is 11.6 Å². The maximum atomic E-state index is 12.8. The Kier molecular flexibility index (Phi) is 5.08. The third-order valence-corrected chi connectivity index (χ3v) is 4.24. The van der Waals surface area contributed by atoms with Gasteiger partial charge in [0.05, 0.1) is 12.1 Å². The number of benzene rings is 2. The molecule has 0 aliphatic rings. The summed E-state index contributed by atoms with van der Waals surface area (Å²) in [4.78, 5) is 6.26. The predicted molar refractivity (Wildman–Crippen MR) is 91.1 cm³/mol. The lowest BCUT2D eigenvalue weighted by molar-refractivity contribution is -0.137. The van der Waals surface area contributed by atoms with Gasteiger partial charge in [-0.25, -0.2) is 0 Å². The zero-order valence-electron chi connectivity index (χ0n) is 14.4. The first-order valence-corrected chi connectivity index (χ1v) is 8.10. The molecule has 0 radical (unpaired) electrons. The van der Waals surface area contributed by atoms with Crippen LogP contribution in [0.5, 0.6) is 0 Å². The van der Waals surface area contributed by atoms with E-state index in [-0.39, 0.29) is 17.4 Å². The van der Waals surface area contributed by atoms with Gasteiger partial charge in [0.25, 0.3) is 0 Å². The van der Waals surface area contributed by atoms with E-state index >= 15 is 0 Å². The average Bonchev–Trinajstić information content (AvgIpc) is 3.09. The first-order chi connectivity index (χ1) is 12.3. The van der Waals surface area contributed by atoms with Crippen LogP contribution in [0.2, 0.25) is 0 Å². The quantitative estimate of drug-likeness (QED) is 0.645. The van der Waals surface area contributed by atoms with Crippen molar-refractivity contribution in [3.63, 3.8) is 0 Å². The Bertz CT molecular complexity index is 862. The van der Waals surface area contributed by atoms with Gasteiger partial charge >= 0.3 is 6.18 Å². The minimum absolute atomic E-state index is 0.125. The average molecular weight is 361 g/mol. The maximum absolute atomic E-state index is 12.8. The van der Waals surface area contributed by atoms with Gasteiger partial charge in [0.15, 0.2) is 0 Å². The Balaban J connectivity index is 1.74. The summed E-state index contributed by atoms with van der Waals surface area (Å²) in [6, 6.07) is 15.0. The molecule has 136 valence electrons. The van der Waals surface area contributed by atoms with Gasteiger partial charge in [-0.2, -0.15) is 18.2 Å². The topological polar surface area (TPSA) is 42.2 Å². The Morgan fingerprint density at radius 1 is 1.08 bits per heavy atom. The highest BCUT2D eigenvalue weighted by atomic mass is 19.4. The lowest BCUT2D eigenvalue weighted by Crippen LogP contribution is -2.22. The Labute approximate surface area is 149 Å². The molecule has 1 unspecified atom stereocenters. The maximum Gasteiger partial charge on any atom is 0.416 e. The van der Waals surface area contributed by atoms with Crippen molar-refractivity contribution < 1.29 is 17.7 Å². The standard InChI is InChI=1S/C19H18F3N3O/c1-13(14-7-4-3-5-8-14)25(2)12-17-23-18(24-26-17)15-9-6-10-16(11-15)19(20,21)22/h3-11,13H,12H2,1-2H3. The highest BCUT2D eigenvalue weighted by molar-refractivity contribution is 5.55. The molecule has 0 saturated carbocycles. The van der Waals surface area contributed by atoms with Gasteiger partial charge < -0.3 is 4.52 Å². The number of nitrogens with zero attached hydrogens (tertiary/aromatic N) is 3. The lowest BCUT2D eigenvalue weighted by Gasteiger charge is -2.23. The molecule has 1 heterocycles. The SMILES string of the molecule is CC(c1ccccc1)N(C)Cc1nc(-c2cccc(C(F)(F)F)c2)no1. The molecule has 3 rings (SSSR count). The molecule has 26 heavy (non-hydrogen) atoms. The Morgan fingerprint density at radius 3 is 2.50 bits per heavy atom. The van der Waals surface area contributed by atoms with Crippen molar-refractivity contribution in [1.29, 1.82) is 0 Å².